The third-order valence-corrected chi connectivity index (χ3v) is 1.94. The maximum atomic E-state index is 12.5. The molecular formula is C12H15F3N2. The molecule has 0 saturated carbocycles. The Labute approximate surface area is 98.4 Å². The van der Waals surface area contributed by atoms with Crippen molar-refractivity contribution >= 4 is 5.84 Å². The molecule has 1 rings (SSSR count). The third kappa shape index (κ3) is 4.09. The maximum Gasteiger partial charge on any atom is 0.416 e. The van der Waals surface area contributed by atoms with Gasteiger partial charge in [0.2, 0.25) is 0 Å². The zero-order chi connectivity index (χ0) is 13.3. The fraction of sp³-hybridized carbons (Fsp3) is 0.417. The Hall–Kier alpha value is -1.52. The predicted molar refractivity (Wildman–Crippen MR) is 61.9 cm³/mol. The van der Waals surface area contributed by atoms with Crippen molar-refractivity contribution in [3.8, 4) is 0 Å². The first-order valence-electron chi connectivity index (χ1n) is 5.12. The number of halogens is 3. The van der Waals surface area contributed by atoms with Gasteiger partial charge in [0.1, 0.15) is 5.84 Å². The van der Waals surface area contributed by atoms with Crippen molar-refractivity contribution in [3.63, 3.8) is 0 Å². The highest BCUT2D eigenvalue weighted by Gasteiger charge is 2.30. The molecule has 0 saturated heterocycles. The molecule has 1 aromatic carbocycles. The van der Waals surface area contributed by atoms with Crippen molar-refractivity contribution in [2.24, 2.45) is 10.7 Å². The molecule has 0 radical (unpaired) electrons. The molecule has 2 N–H and O–H groups in total. The van der Waals surface area contributed by atoms with Crippen molar-refractivity contribution in [1.82, 2.24) is 0 Å². The van der Waals surface area contributed by atoms with Crippen LogP contribution in [0.25, 0.3) is 0 Å². The van der Waals surface area contributed by atoms with Gasteiger partial charge in [-0.25, -0.2) is 0 Å². The second kappa shape index (κ2) is 4.39. The fourth-order valence-corrected chi connectivity index (χ4v) is 1.28. The van der Waals surface area contributed by atoms with Gasteiger partial charge in [-0.15, -0.1) is 0 Å². The van der Waals surface area contributed by atoms with Gasteiger partial charge in [0, 0.05) is 5.56 Å². The lowest BCUT2D eigenvalue weighted by molar-refractivity contribution is -0.137. The lowest BCUT2D eigenvalue weighted by Gasteiger charge is -2.14. The summed E-state index contributed by atoms with van der Waals surface area (Å²) in [6, 6.07) is 4.85. The highest BCUT2D eigenvalue weighted by atomic mass is 19.4. The Kier molecular flexibility index (Phi) is 3.50. The highest BCUT2D eigenvalue weighted by Crippen LogP contribution is 2.29. The summed E-state index contributed by atoms with van der Waals surface area (Å²) in [5, 5.41) is 0. The van der Waals surface area contributed by atoms with Gasteiger partial charge in [-0.2, -0.15) is 13.2 Å². The molecule has 0 aromatic heterocycles. The van der Waals surface area contributed by atoms with E-state index in [-0.39, 0.29) is 11.4 Å². The number of aliphatic imine (C=N–C) groups is 1. The van der Waals surface area contributed by atoms with E-state index in [1.165, 1.54) is 12.1 Å². The zero-order valence-electron chi connectivity index (χ0n) is 9.97. The zero-order valence-corrected chi connectivity index (χ0v) is 9.97. The Morgan fingerprint density at radius 1 is 1.18 bits per heavy atom. The molecule has 0 spiro atoms. The molecule has 0 bridgehead atoms. The molecule has 0 heterocycles. The minimum atomic E-state index is -4.36. The molecule has 2 nitrogen and oxygen atoms in total. The Morgan fingerprint density at radius 3 is 2.24 bits per heavy atom. The molecule has 17 heavy (non-hydrogen) atoms. The monoisotopic (exact) mass is 244 g/mol. The number of amidine groups is 1. The summed E-state index contributed by atoms with van der Waals surface area (Å²) >= 11 is 0. The number of nitrogens with two attached hydrogens (primary N) is 1. The Morgan fingerprint density at radius 2 is 1.76 bits per heavy atom. The van der Waals surface area contributed by atoms with Gasteiger partial charge in [-0.05, 0) is 32.9 Å². The quantitative estimate of drug-likeness (QED) is 0.598. The molecule has 0 aliphatic rings. The first-order chi connectivity index (χ1) is 7.59. The van der Waals surface area contributed by atoms with Gasteiger partial charge in [-0.3, -0.25) is 4.99 Å². The van der Waals surface area contributed by atoms with Gasteiger partial charge >= 0.3 is 6.18 Å². The maximum absolute atomic E-state index is 12.5. The average Bonchev–Trinajstić information content (AvgIpc) is 2.14. The van der Waals surface area contributed by atoms with Crippen LogP contribution in [0.3, 0.4) is 0 Å². The van der Waals surface area contributed by atoms with Crippen LogP contribution < -0.4 is 5.73 Å². The number of benzene rings is 1. The van der Waals surface area contributed by atoms with E-state index < -0.39 is 17.3 Å². The van der Waals surface area contributed by atoms with Crippen LogP contribution in [0.5, 0.6) is 0 Å². The molecule has 0 amide bonds. The fourth-order valence-electron chi connectivity index (χ4n) is 1.28. The number of alkyl halides is 3. The van der Waals surface area contributed by atoms with Crippen LogP contribution in [0.2, 0.25) is 0 Å². The molecule has 94 valence electrons. The highest BCUT2D eigenvalue weighted by molar-refractivity contribution is 5.97. The normalized spacial score (nSPS) is 13.9. The molecule has 0 aliphatic carbocycles. The summed E-state index contributed by atoms with van der Waals surface area (Å²) in [6.45, 7) is 5.48. The Bertz CT molecular complexity index is 428. The number of nitrogens with zero attached hydrogens (tertiary/aromatic N) is 1. The van der Waals surface area contributed by atoms with Crippen LogP contribution in [0, 0.1) is 0 Å². The summed E-state index contributed by atoms with van der Waals surface area (Å²) in [7, 11) is 0. The van der Waals surface area contributed by atoms with Crippen molar-refractivity contribution in [2.75, 3.05) is 0 Å². The van der Waals surface area contributed by atoms with E-state index in [4.69, 9.17) is 5.73 Å². The van der Waals surface area contributed by atoms with E-state index in [0.29, 0.717) is 0 Å². The minimum Gasteiger partial charge on any atom is -0.383 e. The average molecular weight is 244 g/mol. The third-order valence-electron chi connectivity index (χ3n) is 1.94. The number of hydrogen-bond donors (Lipinski definition) is 1. The molecule has 5 heteroatoms. The van der Waals surface area contributed by atoms with Crippen LogP contribution in [0.15, 0.2) is 29.3 Å². The van der Waals surface area contributed by atoms with Crippen LogP contribution in [0.1, 0.15) is 31.9 Å². The smallest absolute Gasteiger partial charge is 0.383 e. The predicted octanol–water partition coefficient (Wildman–Crippen LogP) is 3.21. The summed E-state index contributed by atoms with van der Waals surface area (Å²) in [5.41, 5.74) is 4.82. The molecule has 0 unspecified atom stereocenters. The lowest BCUT2D eigenvalue weighted by atomic mass is 10.1. The molecule has 1 aromatic rings. The van der Waals surface area contributed by atoms with Gasteiger partial charge < -0.3 is 5.73 Å². The summed E-state index contributed by atoms with van der Waals surface area (Å²) in [4.78, 5) is 4.13. The number of hydrogen-bond acceptors (Lipinski definition) is 1. The van der Waals surface area contributed by atoms with Crippen LogP contribution in [-0.4, -0.2) is 11.4 Å². The van der Waals surface area contributed by atoms with Crippen molar-refractivity contribution in [1.29, 1.82) is 0 Å². The molecule has 0 atom stereocenters. The SMILES string of the molecule is CC(C)(C)N=C(N)c1cccc(C(F)(F)F)c1. The van der Waals surface area contributed by atoms with Gasteiger partial charge in [0.15, 0.2) is 0 Å². The van der Waals surface area contributed by atoms with E-state index in [1.807, 2.05) is 20.8 Å². The minimum absolute atomic E-state index is 0.114. The second-order valence-corrected chi connectivity index (χ2v) is 4.75. The second-order valence-electron chi connectivity index (χ2n) is 4.75. The topological polar surface area (TPSA) is 38.4 Å². The van der Waals surface area contributed by atoms with E-state index in [2.05, 4.69) is 4.99 Å². The van der Waals surface area contributed by atoms with Crippen LogP contribution in [-0.2, 0) is 6.18 Å². The van der Waals surface area contributed by atoms with E-state index in [1.54, 1.807) is 0 Å². The van der Waals surface area contributed by atoms with Gasteiger partial charge in [0.25, 0.3) is 0 Å². The largest absolute Gasteiger partial charge is 0.416 e. The van der Waals surface area contributed by atoms with Crippen molar-refractivity contribution in [3.05, 3.63) is 35.4 Å². The standard InChI is InChI=1S/C12H15F3N2/c1-11(2,3)17-10(16)8-5-4-6-9(7-8)12(13,14)15/h4-7H,1-3H3,(H2,16,17). The first-order valence-corrected chi connectivity index (χ1v) is 5.12. The van der Waals surface area contributed by atoms with Gasteiger partial charge in [-0.1, -0.05) is 12.1 Å². The van der Waals surface area contributed by atoms with E-state index in [9.17, 15) is 13.2 Å². The number of rotatable bonds is 1. The molecular weight excluding hydrogens is 229 g/mol. The van der Waals surface area contributed by atoms with Crippen molar-refractivity contribution in [2.45, 2.75) is 32.5 Å². The van der Waals surface area contributed by atoms with Crippen LogP contribution in [0.4, 0.5) is 13.2 Å². The summed E-state index contributed by atoms with van der Waals surface area (Å²) in [6.07, 6.45) is -4.36. The van der Waals surface area contributed by atoms with Crippen LogP contribution >= 0.6 is 0 Å². The van der Waals surface area contributed by atoms with Crippen molar-refractivity contribution < 1.29 is 13.2 Å². The van der Waals surface area contributed by atoms with Gasteiger partial charge in [0.05, 0.1) is 11.1 Å². The lowest BCUT2D eigenvalue weighted by Crippen LogP contribution is -2.21. The van der Waals surface area contributed by atoms with E-state index >= 15 is 0 Å². The molecule has 0 fully saturated rings. The Balaban J connectivity index is 3.13. The summed E-state index contributed by atoms with van der Waals surface area (Å²) < 4.78 is 37.5. The summed E-state index contributed by atoms with van der Waals surface area (Å²) in [5.74, 6) is 0.114. The first kappa shape index (κ1) is 13.5. The van der Waals surface area contributed by atoms with E-state index in [0.717, 1.165) is 12.1 Å². The molecule has 0 aliphatic heterocycles.